The van der Waals surface area contributed by atoms with Crippen molar-refractivity contribution in [2.24, 2.45) is 0 Å². The number of aryl methyl sites for hydroxylation is 1. The number of hydrogen-bond donors (Lipinski definition) is 2. The lowest BCUT2D eigenvalue weighted by Gasteiger charge is -2.14. The maximum atomic E-state index is 12.3. The topological polar surface area (TPSA) is 58.2 Å². The van der Waals surface area contributed by atoms with E-state index in [1.165, 1.54) is 5.56 Å². The minimum absolute atomic E-state index is 0.260. The summed E-state index contributed by atoms with van der Waals surface area (Å²) in [6.07, 6.45) is 2.88. The van der Waals surface area contributed by atoms with Crippen LogP contribution in [0.25, 0.3) is 0 Å². The van der Waals surface area contributed by atoms with E-state index >= 15 is 0 Å². The molecule has 1 rings (SSSR count). The molecule has 0 aliphatic carbocycles. The quantitative estimate of drug-likeness (QED) is 0.730. The largest absolute Gasteiger partial charge is 0.313 e. The molecule has 0 bridgehead atoms. The van der Waals surface area contributed by atoms with Gasteiger partial charge in [0.1, 0.15) is 0 Å². The fraction of sp³-hybridized carbons (Fsp3) is 0.600. The van der Waals surface area contributed by atoms with Crippen LogP contribution in [0.2, 0.25) is 0 Å². The monoisotopic (exact) mass is 330 g/mol. The van der Waals surface area contributed by atoms with Gasteiger partial charge in [-0.25, -0.2) is 13.1 Å². The van der Waals surface area contributed by atoms with Crippen LogP contribution in [0.4, 0.5) is 0 Å². The van der Waals surface area contributed by atoms with Crippen molar-refractivity contribution in [3.63, 3.8) is 0 Å². The molecule has 0 saturated carbocycles. The highest BCUT2D eigenvalue weighted by Gasteiger charge is 2.16. The van der Waals surface area contributed by atoms with E-state index in [9.17, 15) is 8.42 Å². The molecule has 0 spiro atoms. The summed E-state index contributed by atoms with van der Waals surface area (Å²) in [5.74, 6) is 0. The van der Waals surface area contributed by atoms with Crippen molar-refractivity contribution in [2.45, 2.75) is 43.9 Å². The molecular formula is C15H26N2O2S2. The fourth-order valence-corrected chi connectivity index (χ4v) is 3.47. The third kappa shape index (κ3) is 5.62. The van der Waals surface area contributed by atoms with Crippen LogP contribution in [0.3, 0.4) is 0 Å². The molecule has 1 aromatic rings. The minimum atomic E-state index is -3.43. The van der Waals surface area contributed by atoms with Crippen molar-refractivity contribution in [1.29, 1.82) is 0 Å². The normalized spacial score (nSPS) is 13.3. The van der Waals surface area contributed by atoms with E-state index in [1.54, 1.807) is 23.9 Å². The molecule has 0 aromatic heterocycles. The van der Waals surface area contributed by atoms with Gasteiger partial charge in [-0.2, -0.15) is 11.8 Å². The molecule has 0 amide bonds. The molecular weight excluding hydrogens is 304 g/mol. The Morgan fingerprint density at radius 3 is 2.52 bits per heavy atom. The molecule has 0 heterocycles. The lowest BCUT2D eigenvalue weighted by Crippen LogP contribution is -2.29. The first-order chi connectivity index (χ1) is 9.94. The van der Waals surface area contributed by atoms with E-state index in [2.05, 4.69) is 17.0 Å². The molecule has 0 radical (unpaired) electrons. The van der Waals surface area contributed by atoms with E-state index in [1.807, 2.05) is 26.2 Å². The second kappa shape index (κ2) is 8.78. The Hall–Kier alpha value is -0.560. The molecule has 0 saturated heterocycles. The Labute approximate surface area is 133 Å². The second-order valence-electron chi connectivity index (χ2n) is 4.96. The number of rotatable bonds is 9. The van der Waals surface area contributed by atoms with E-state index in [-0.39, 0.29) is 5.25 Å². The standard InChI is InChI=1S/C15H26N2O2S2/c1-5-13-7-8-15(9-14(13)11-16-6-2)21(18,19)17-10-12(3)20-4/h7-9,12,16-17H,5-6,10-11H2,1-4H3. The van der Waals surface area contributed by atoms with Gasteiger partial charge in [-0.3, -0.25) is 0 Å². The number of thioether (sulfide) groups is 1. The van der Waals surface area contributed by atoms with Gasteiger partial charge in [0.2, 0.25) is 10.0 Å². The van der Waals surface area contributed by atoms with Gasteiger partial charge in [0.05, 0.1) is 4.90 Å². The van der Waals surface area contributed by atoms with Crippen LogP contribution in [0.5, 0.6) is 0 Å². The van der Waals surface area contributed by atoms with E-state index < -0.39 is 10.0 Å². The summed E-state index contributed by atoms with van der Waals surface area (Å²) >= 11 is 1.64. The molecule has 4 nitrogen and oxygen atoms in total. The molecule has 0 aliphatic heterocycles. The maximum absolute atomic E-state index is 12.3. The molecule has 6 heteroatoms. The summed E-state index contributed by atoms with van der Waals surface area (Å²) in [6.45, 7) is 8.13. The van der Waals surface area contributed by atoms with Crippen molar-refractivity contribution in [2.75, 3.05) is 19.3 Å². The maximum Gasteiger partial charge on any atom is 0.240 e. The third-order valence-electron chi connectivity index (χ3n) is 3.40. The predicted octanol–water partition coefficient (Wildman–Crippen LogP) is 2.39. The summed E-state index contributed by atoms with van der Waals surface area (Å²) in [7, 11) is -3.43. The molecule has 120 valence electrons. The van der Waals surface area contributed by atoms with Gasteiger partial charge in [0, 0.05) is 18.3 Å². The second-order valence-corrected chi connectivity index (χ2v) is 8.01. The molecule has 1 aromatic carbocycles. The fourth-order valence-electron chi connectivity index (χ4n) is 1.93. The van der Waals surface area contributed by atoms with E-state index in [0.29, 0.717) is 18.0 Å². The van der Waals surface area contributed by atoms with Gasteiger partial charge in [-0.05, 0) is 42.5 Å². The van der Waals surface area contributed by atoms with Gasteiger partial charge >= 0.3 is 0 Å². The highest BCUT2D eigenvalue weighted by atomic mass is 32.2. The number of nitrogens with one attached hydrogen (secondary N) is 2. The summed E-state index contributed by atoms with van der Waals surface area (Å²) in [5.41, 5.74) is 2.24. The summed E-state index contributed by atoms with van der Waals surface area (Å²) in [6, 6.07) is 5.40. The SMILES string of the molecule is CCNCc1cc(S(=O)(=O)NCC(C)SC)ccc1CC. The van der Waals surface area contributed by atoms with Crippen molar-refractivity contribution >= 4 is 21.8 Å². The zero-order chi connectivity index (χ0) is 15.9. The Kier molecular flexibility index (Phi) is 7.73. The average molecular weight is 331 g/mol. The Bertz CT molecular complexity index is 545. The number of sulfonamides is 1. The highest BCUT2D eigenvalue weighted by molar-refractivity contribution is 7.99. The van der Waals surface area contributed by atoms with E-state index in [4.69, 9.17) is 0 Å². The average Bonchev–Trinajstić information content (AvgIpc) is 2.50. The lowest BCUT2D eigenvalue weighted by molar-refractivity contribution is 0.581. The first kappa shape index (κ1) is 18.5. The van der Waals surface area contributed by atoms with Crippen LogP contribution in [0, 0.1) is 0 Å². The van der Waals surface area contributed by atoms with Crippen molar-refractivity contribution < 1.29 is 8.42 Å². The summed E-state index contributed by atoms with van der Waals surface area (Å²) < 4.78 is 27.4. The third-order valence-corrected chi connectivity index (χ3v) is 5.79. The van der Waals surface area contributed by atoms with Gasteiger partial charge < -0.3 is 5.32 Å². The Morgan fingerprint density at radius 1 is 1.24 bits per heavy atom. The van der Waals surface area contributed by atoms with Gasteiger partial charge in [0.15, 0.2) is 0 Å². The van der Waals surface area contributed by atoms with Gasteiger partial charge in [-0.1, -0.05) is 26.8 Å². The molecule has 2 N–H and O–H groups in total. The van der Waals surface area contributed by atoms with Crippen LogP contribution in [0.15, 0.2) is 23.1 Å². The number of hydrogen-bond acceptors (Lipinski definition) is 4. The smallest absolute Gasteiger partial charge is 0.240 e. The zero-order valence-electron chi connectivity index (χ0n) is 13.3. The molecule has 1 atom stereocenters. The van der Waals surface area contributed by atoms with Crippen molar-refractivity contribution in [1.82, 2.24) is 10.0 Å². The summed E-state index contributed by atoms with van der Waals surface area (Å²) in [5, 5.41) is 3.52. The van der Waals surface area contributed by atoms with Gasteiger partial charge in [0.25, 0.3) is 0 Å². The van der Waals surface area contributed by atoms with Crippen LogP contribution in [-0.4, -0.2) is 33.0 Å². The lowest BCUT2D eigenvalue weighted by atomic mass is 10.1. The molecule has 0 aliphatic rings. The van der Waals surface area contributed by atoms with Crippen molar-refractivity contribution in [3.05, 3.63) is 29.3 Å². The first-order valence-electron chi connectivity index (χ1n) is 7.29. The Morgan fingerprint density at radius 2 is 1.95 bits per heavy atom. The molecule has 1 unspecified atom stereocenters. The highest BCUT2D eigenvalue weighted by Crippen LogP contribution is 2.17. The van der Waals surface area contributed by atoms with Crippen LogP contribution in [-0.2, 0) is 23.0 Å². The summed E-state index contributed by atoms with van der Waals surface area (Å²) in [4.78, 5) is 0.348. The van der Waals surface area contributed by atoms with E-state index in [0.717, 1.165) is 18.5 Å². The molecule has 0 fully saturated rings. The van der Waals surface area contributed by atoms with Crippen molar-refractivity contribution in [3.8, 4) is 0 Å². The zero-order valence-corrected chi connectivity index (χ0v) is 14.9. The van der Waals surface area contributed by atoms with Crippen LogP contribution >= 0.6 is 11.8 Å². The van der Waals surface area contributed by atoms with Gasteiger partial charge in [-0.15, -0.1) is 0 Å². The molecule has 21 heavy (non-hydrogen) atoms. The predicted molar refractivity (Wildman–Crippen MR) is 91.4 cm³/mol. The number of benzene rings is 1. The first-order valence-corrected chi connectivity index (χ1v) is 10.1. The van der Waals surface area contributed by atoms with Crippen LogP contribution in [0.1, 0.15) is 31.9 Å². The Balaban J connectivity index is 2.95. The minimum Gasteiger partial charge on any atom is -0.313 e. The van der Waals surface area contributed by atoms with Crippen LogP contribution < -0.4 is 10.0 Å².